The molecule has 34 heavy (non-hydrogen) atoms. The number of hydrogen-bond acceptors (Lipinski definition) is 6. The van der Waals surface area contributed by atoms with Gasteiger partial charge in [0.1, 0.15) is 6.54 Å². The summed E-state index contributed by atoms with van der Waals surface area (Å²) in [6.07, 6.45) is 0. The molecule has 0 spiro atoms. The largest absolute Gasteiger partial charge is 0.271 e. The summed E-state index contributed by atoms with van der Waals surface area (Å²) in [6, 6.07) is 19.0. The number of nitrogens with one attached hydrogen (secondary N) is 1. The molecule has 0 aliphatic carbocycles. The van der Waals surface area contributed by atoms with Crippen LogP contribution in [0.5, 0.6) is 0 Å². The van der Waals surface area contributed by atoms with Crippen molar-refractivity contribution >= 4 is 33.0 Å². The van der Waals surface area contributed by atoms with Gasteiger partial charge in [0.25, 0.3) is 21.6 Å². The van der Waals surface area contributed by atoms with Crippen molar-refractivity contribution in [3.63, 3.8) is 0 Å². The maximum absolute atomic E-state index is 13.4. The standard InChI is InChI=1S/C24H24N4O5S/c1-17-9-10-18(2)23(15-17)27(34(32,33)22-7-5-4-6-8-22)16-24(29)26-25-19(3)20-11-13-21(14-12-20)28(30)31/h4-15H,16H2,1-3H3,(H,26,29)/b25-19-. The van der Waals surface area contributed by atoms with Gasteiger partial charge in [-0.2, -0.15) is 5.10 Å². The molecule has 3 aromatic carbocycles. The predicted octanol–water partition coefficient (Wildman–Crippen LogP) is 3.95. The Morgan fingerprint density at radius 2 is 1.68 bits per heavy atom. The van der Waals surface area contributed by atoms with E-state index in [9.17, 15) is 23.3 Å². The lowest BCUT2D eigenvalue weighted by Gasteiger charge is -2.25. The van der Waals surface area contributed by atoms with Crippen molar-refractivity contribution in [1.82, 2.24) is 5.43 Å². The highest BCUT2D eigenvalue weighted by Gasteiger charge is 2.28. The lowest BCUT2D eigenvalue weighted by Crippen LogP contribution is -2.40. The smallest absolute Gasteiger partial charge is 0.269 e. The number of carbonyl (C=O) groups excluding carboxylic acids is 1. The summed E-state index contributed by atoms with van der Waals surface area (Å²) in [5.41, 5.74) is 5.26. The minimum atomic E-state index is -4.03. The zero-order valence-electron chi connectivity index (χ0n) is 18.9. The number of benzene rings is 3. The number of hydrazone groups is 1. The molecule has 1 N–H and O–H groups in total. The number of amides is 1. The van der Waals surface area contributed by atoms with Gasteiger partial charge in [-0.1, -0.05) is 30.3 Å². The Kier molecular flexibility index (Phi) is 7.42. The summed E-state index contributed by atoms with van der Waals surface area (Å²) in [7, 11) is -4.03. The van der Waals surface area contributed by atoms with Gasteiger partial charge in [-0.15, -0.1) is 0 Å². The van der Waals surface area contributed by atoms with E-state index >= 15 is 0 Å². The fourth-order valence-corrected chi connectivity index (χ4v) is 4.71. The molecule has 0 aromatic heterocycles. The molecule has 176 valence electrons. The first kappa shape index (κ1) is 24.6. The number of nitro benzene ring substituents is 1. The number of rotatable bonds is 8. The van der Waals surface area contributed by atoms with E-state index in [1.165, 1.54) is 36.4 Å². The Hall–Kier alpha value is -4.05. The van der Waals surface area contributed by atoms with Crippen molar-refractivity contribution in [2.45, 2.75) is 25.7 Å². The summed E-state index contributed by atoms with van der Waals surface area (Å²) < 4.78 is 27.9. The maximum atomic E-state index is 13.4. The average molecular weight is 481 g/mol. The predicted molar refractivity (Wildman–Crippen MR) is 130 cm³/mol. The van der Waals surface area contributed by atoms with Crippen molar-refractivity contribution in [2.24, 2.45) is 5.10 Å². The van der Waals surface area contributed by atoms with Crippen LogP contribution in [0.4, 0.5) is 11.4 Å². The summed E-state index contributed by atoms with van der Waals surface area (Å²) in [5.74, 6) is -0.637. The summed E-state index contributed by atoms with van der Waals surface area (Å²) in [6.45, 7) is 4.76. The first-order chi connectivity index (χ1) is 16.1. The fraction of sp³-hybridized carbons (Fsp3) is 0.167. The molecule has 9 nitrogen and oxygen atoms in total. The minimum absolute atomic E-state index is 0.0594. The molecule has 0 saturated carbocycles. The normalized spacial score (nSPS) is 11.7. The van der Waals surface area contributed by atoms with Crippen LogP contribution in [0.3, 0.4) is 0 Å². The van der Waals surface area contributed by atoms with Gasteiger partial charge in [0.15, 0.2) is 0 Å². The van der Waals surface area contributed by atoms with E-state index in [0.717, 1.165) is 9.87 Å². The van der Waals surface area contributed by atoms with Crippen molar-refractivity contribution in [2.75, 3.05) is 10.8 Å². The average Bonchev–Trinajstić information content (AvgIpc) is 2.83. The Balaban J connectivity index is 1.87. The van der Waals surface area contributed by atoms with Crippen LogP contribution >= 0.6 is 0 Å². The van der Waals surface area contributed by atoms with Crippen LogP contribution < -0.4 is 9.73 Å². The molecule has 0 radical (unpaired) electrons. The highest BCUT2D eigenvalue weighted by atomic mass is 32.2. The van der Waals surface area contributed by atoms with Gasteiger partial charge in [-0.05, 0) is 67.8 Å². The van der Waals surface area contributed by atoms with Gasteiger partial charge in [-0.3, -0.25) is 19.2 Å². The number of non-ortho nitro benzene ring substituents is 1. The number of nitrogens with zero attached hydrogens (tertiary/aromatic N) is 3. The van der Waals surface area contributed by atoms with E-state index in [1.807, 2.05) is 13.0 Å². The highest BCUT2D eigenvalue weighted by molar-refractivity contribution is 7.92. The van der Waals surface area contributed by atoms with E-state index in [4.69, 9.17) is 0 Å². The Morgan fingerprint density at radius 3 is 2.29 bits per heavy atom. The van der Waals surface area contributed by atoms with Crippen molar-refractivity contribution in [3.8, 4) is 0 Å². The second-order valence-electron chi connectivity index (χ2n) is 7.65. The molecule has 0 unspecified atom stereocenters. The molecule has 3 rings (SSSR count). The third kappa shape index (κ3) is 5.65. The van der Waals surface area contributed by atoms with Gasteiger partial charge < -0.3 is 0 Å². The van der Waals surface area contributed by atoms with Gasteiger partial charge in [0.05, 0.1) is 21.2 Å². The molecule has 10 heteroatoms. The lowest BCUT2D eigenvalue weighted by atomic mass is 10.1. The molecular formula is C24H24N4O5S. The van der Waals surface area contributed by atoms with Crippen LogP contribution in [0, 0.1) is 24.0 Å². The monoisotopic (exact) mass is 480 g/mol. The number of aryl methyl sites for hydroxylation is 2. The van der Waals surface area contributed by atoms with E-state index in [1.54, 1.807) is 44.2 Å². The molecule has 0 bridgehead atoms. The number of anilines is 1. The molecule has 0 heterocycles. The third-order valence-electron chi connectivity index (χ3n) is 5.10. The topological polar surface area (TPSA) is 122 Å². The second-order valence-corrected chi connectivity index (χ2v) is 9.51. The van der Waals surface area contributed by atoms with Crippen LogP contribution in [0.25, 0.3) is 0 Å². The van der Waals surface area contributed by atoms with Crippen LogP contribution in [0.1, 0.15) is 23.6 Å². The van der Waals surface area contributed by atoms with Crippen LogP contribution in [-0.4, -0.2) is 31.5 Å². The van der Waals surface area contributed by atoms with Gasteiger partial charge in [0, 0.05) is 12.1 Å². The molecule has 0 atom stereocenters. The Labute approximate surface area is 197 Å². The zero-order valence-corrected chi connectivity index (χ0v) is 19.7. The van der Waals surface area contributed by atoms with Crippen molar-refractivity contribution in [1.29, 1.82) is 0 Å². The van der Waals surface area contributed by atoms with Crippen LogP contribution in [0.2, 0.25) is 0 Å². The summed E-state index contributed by atoms with van der Waals surface area (Å²) in [5, 5.41) is 14.8. The SMILES string of the molecule is C/C(=N/NC(=O)CN(c1cc(C)ccc1C)S(=O)(=O)c1ccccc1)c1ccc([N+](=O)[O-])cc1. The maximum Gasteiger partial charge on any atom is 0.269 e. The summed E-state index contributed by atoms with van der Waals surface area (Å²) in [4.78, 5) is 23.1. The van der Waals surface area contributed by atoms with E-state index in [-0.39, 0.29) is 10.6 Å². The first-order valence-corrected chi connectivity index (χ1v) is 11.8. The fourth-order valence-electron chi connectivity index (χ4n) is 3.21. The highest BCUT2D eigenvalue weighted by Crippen LogP contribution is 2.27. The van der Waals surface area contributed by atoms with Crippen LogP contribution in [0.15, 0.2) is 82.8 Å². The molecule has 3 aromatic rings. The van der Waals surface area contributed by atoms with E-state index in [0.29, 0.717) is 22.5 Å². The first-order valence-electron chi connectivity index (χ1n) is 10.3. The molecule has 0 aliphatic heterocycles. The van der Waals surface area contributed by atoms with E-state index < -0.39 is 27.4 Å². The minimum Gasteiger partial charge on any atom is -0.271 e. The zero-order chi connectivity index (χ0) is 24.9. The Bertz CT molecular complexity index is 1340. The van der Waals surface area contributed by atoms with Crippen molar-refractivity contribution < 1.29 is 18.1 Å². The number of hydrogen-bond donors (Lipinski definition) is 1. The van der Waals surface area contributed by atoms with Crippen molar-refractivity contribution in [3.05, 3.63) is 99.6 Å². The number of carbonyl (C=O) groups is 1. The Morgan fingerprint density at radius 1 is 1.03 bits per heavy atom. The van der Waals surface area contributed by atoms with Gasteiger partial charge in [0.2, 0.25) is 0 Å². The molecule has 1 amide bonds. The molecular weight excluding hydrogens is 456 g/mol. The second kappa shape index (κ2) is 10.3. The molecule has 0 aliphatic rings. The summed E-state index contributed by atoms with van der Waals surface area (Å²) >= 11 is 0. The number of nitro groups is 1. The third-order valence-corrected chi connectivity index (χ3v) is 6.87. The van der Waals surface area contributed by atoms with E-state index in [2.05, 4.69) is 10.5 Å². The number of sulfonamides is 1. The molecule has 0 saturated heterocycles. The van der Waals surface area contributed by atoms with Gasteiger partial charge >= 0.3 is 0 Å². The quantitative estimate of drug-likeness (QED) is 0.297. The lowest BCUT2D eigenvalue weighted by molar-refractivity contribution is -0.384. The van der Waals surface area contributed by atoms with Crippen LogP contribution in [-0.2, 0) is 14.8 Å². The molecule has 0 fully saturated rings. The van der Waals surface area contributed by atoms with Gasteiger partial charge in [-0.25, -0.2) is 13.8 Å².